The third kappa shape index (κ3) is 4.55. The lowest BCUT2D eigenvalue weighted by atomic mass is 10.1. The van der Waals surface area contributed by atoms with Gasteiger partial charge in [0, 0.05) is 12.1 Å². The first kappa shape index (κ1) is 18.4. The zero-order valence-corrected chi connectivity index (χ0v) is 14.4. The largest absolute Gasteiger partial charge is 0.392 e. The number of para-hydroxylation sites is 1. The van der Waals surface area contributed by atoms with E-state index in [-0.39, 0.29) is 12.2 Å². The maximum absolute atomic E-state index is 12.2. The van der Waals surface area contributed by atoms with Crippen LogP contribution in [-0.2, 0) is 13.2 Å². The number of aliphatic hydroxyl groups is 1. The summed E-state index contributed by atoms with van der Waals surface area (Å²) in [5.74, 6) is -0.414. The average molecular weight is 338 g/mol. The topological polar surface area (TPSA) is 82.2 Å². The predicted molar refractivity (Wildman–Crippen MR) is 99.5 cm³/mol. The Morgan fingerprint density at radius 3 is 2.36 bits per heavy atom. The first-order valence-electron chi connectivity index (χ1n) is 8.26. The van der Waals surface area contributed by atoms with E-state index in [1.54, 1.807) is 24.3 Å². The van der Waals surface area contributed by atoms with Gasteiger partial charge in [-0.25, -0.2) is 0 Å². The van der Waals surface area contributed by atoms with Gasteiger partial charge in [-0.3, -0.25) is 9.59 Å². The second kappa shape index (κ2) is 8.80. The Labute approximate surface area is 146 Å². The quantitative estimate of drug-likeness (QED) is 0.684. The van der Waals surface area contributed by atoms with E-state index in [4.69, 9.17) is 5.11 Å². The highest BCUT2D eigenvalue weighted by atomic mass is 16.3. The molecule has 0 spiro atoms. The number of carbonyl (C=O) groups is 1. The van der Waals surface area contributed by atoms with E-state index in [1.807, 2.05) is 44.2 Å². The van der Waals surface area contributed by atoms with Crippen molar-refractivity contribution < 1.29 is 9.90 Å². The van der Waals surface area contributed by atoms with Gasteiger partial charge in [0.2, 0.25) is 0 Å². The number of rotatable bonds is 4. The molecule has 25 heavy (non-hydrogen) atoms. The molecular weight excluding hydrogens is 316 g/mol. The van der Waals surface area contributed by atoms with E-state index in [1.165, 1.54) is 0 Å². The van der Waals surface area contributed by atoms with Gasteiger partial charge in [-0.2, -0.15) is 0 Å². The molecule has 3 aromatic rings. The number of fused-ring (bicyclic) bond motifs is 1. The maximum atomic E-state index is 12.2. The lowest BCUT2D eigenvalue weighted by Crippen LogP contribution is -2.29. The highest BCUT2D eigenvalue weighted by Gasteiger charge is 2.11. The number of H-pyrrole nitrogens is 1. The highest BCUT2D eigenvalue weighted by molar-refractivity contribution is 5.97. The Kier molecular flexibility index (Phi) is 6.48. The molecule has 1 heterocycles. The molecule has 2 aromatic carbocycles. The summed E-state index contributed by atoms with van der Waals surface area (Å²) in [5.41, 5.74) is 2.10. The molecule has 0 aliphatic rings. The molecule has 0 saturated heterocycles. The van der Waals surface area contributed by atoms with Crippen LogP contribution in [0.5, 0.6) is 0 Å². The molecule has 0 saturated carbocycles. The molecule has 5 nitrogen and oxygen atoms in total. The van der Waals surface area contributed by atoms with Gasteiger partial charge >= 0.3 is 0 Å². The summed E-state index contributed by atoms with van der Waals surface area (Å²) in [5, 5.41) is 12.6. The lowest BCUT2D eigenvalue weighted by Gasteiger charge is -2.06. The van der Waals surface area contributed by atoms with Crippen molar-refractivity contribution in [2.24, 2.45) is 0 Å². The van der Waals surface area contributed by atoms with Crippen molar-refractivity contribution in [1.82, 2.24) is 10.3 Å². The normalized spacial score (nSPS) is 10.0. The number of aliphatic hydroxyl groups excluding tert-OH is 1. The summed E-state index contributed by atoms with van der Waals surface area (Å²) in [7, 11) is 0. The van der Waals surface area contributed by atoms with Crippen LogP contribution >= 0.6 is 0 Å². The van der Waals surface area contributed by atoms with Crippen molar-refractivity contribution in [2.45, 2.75) is 27.0 Å². The van der Waals surface area contributed by atoms with Gasteiger partial charge in [-0.05, 0) is 28.6 Å². The highest BCUT2D eigenvalue weighted by Crippen LogP contribution is 2.10. The third-order valence-electron chi connectivity index (χ3n) is 3.66. The number of amides is 1. The molecule has 0 bridgehead atoms. The van der Waals surface area contributed by atoms with Crippen LogP contribution in [0.1, 0.15) is 35.3 Å². The number of benzene rings is 2. The second-order valence-electron chi connectivity index (χ2n) is 5.26. The average Bonchev–Trinajstić information content (AvgIpc) is 2.67. The van der Waals surface area contributed by atoms with Crippen molar-refractivity contribution in [3.63, 3.8) is 0 Å². The smallest absolute Gasteiger partial charge is 0.261 e. The number of hydrogen-bond donors (Lipinski definition) is 3. The monoisotopic (exact) mass is 338 g/mol. The Morgan fingerprint density at radius 2 is 1.68 bits per heavy atom. The fourth-order valence-electron chi connectivity index (χ4n) is 2.36. The molecule has 0 radical (unpaired) electrons. The SMILES string of the molecule is CC.O=C(NCc1ccc(CO)cc1)c1cc2ccccc2[nH]c1=O. The number of aromatic nitrogens is 1. The number of hydrogen-bond acceptors (Lipinski definition) is 3. The van der Waals surface area contributed by atoms with Crippen LogP contribution in [-0.4, -0.2) is 16.0 Å². The van der Waals surface area contributed by atoms with Crippen molar-refractivity contribution in [3.8, 4) is 0 Å². The molecule has 0 unspecified atom stereocenters. The van der Waals surface area contributed by atoms with E-state index in [0.717, 1.165) is 16.5 Å². The summed E-state index contributed by atoms with van der Waals surface area (Å²) in [6, 6.07) is 16.2. The number of carbonyl (C=O) groups excluding carboxylic acids is 1. The molecule has 3 N–H and O–H groups in total. The van der Waals surface area contributed by atoms with Crippen molar-refractivity contribution in [3.05, 3.63) is 81.6 Å². The van der Waals surface area contributed by atoms with Crippen LogP contribution in [0.3, 0.4) is 0 Å². The predicted octanol–water partition coefficient (Wildman–Crippen LogP) is 2.98. The minimum atomic E-state index is -0.414. The minimum absolute atomic E-state index is 0.0148. The van der Waals surface area contributed by atoms with Crippen LogP contribution in [0.2, 0.25) is 0 Å². The maximum Gasteiger partial charge on any atom is 0.261 e. The second-order valence-corrected chi connectivity index (χ2v) is 5.26. The molecule has 0 fully saturated rings. The van der Waals surface area contributed by atoms with Gasteiger partial charge in [-0.1, -0.05) is 56.3 Å². The van der Waals surface area contributed by atoms with Gasteiger partial charge in [-0.15, -0.1) is 0 Å². The van der Waals surface area contributed by atoms with Gasteiger partial charge in [0.15, 0.2) is 0 Å². The Bertz CT molecular complexity index is 899. The molecule has 0 aliphatic heterocycles. The van der Waals surface area contributed by atoms with Crippen molar-refractivity contribution >= 4 is 16.8 Å². The number of nitrogens with one attached hydrogen (secondary N) is 2. The van der Waals surface area contributed by atoms with E-state index in [0.29, 0.717) is 12.1 Å². The molecule has 5 heteroatoms. The molecular formula is C20H22N2O3. The first-order valence-corrected chi connectivity index (χ1v) is 8.26. The fourth-order valence-corrected chi connectivity index (χ4v) is 2.36. The summed E-state index contributed by atoms with van der Waals surface area (Å²) >= 11 is 0. The van der Waals surface area contributed by atoms with Gasteiger partial charge < -0.3 is 15.4 Å². The third-order valence-corrected chi connectivity index (χ3v) is 3.66. The zero-order chi connectivity index (χ0) is 18.2. The molecule has 130 valence electrons. The van der Waals surface area contributed by atoms with Crippen LogP contribution in [0, 0.1) is 0 Å². The van der Waals surface area contributed by atoms with Gasteiger partial charge in [0.1, 0.15) is 5.56 Å². The molecule has 1 amide bonds. The molecule has 0 atom stereocenters. The van der Waals surface area contributed by atoms with Gasteiger partial charge in [0.25, 0.3) is 11.5 Å². The summed E-state index contributed by atoms with van der Waals surface area (Å²) < 4.78 is 0. The van der Waals surface area contributed by atoms with Gasteiger partial charge in [0.05, 0.1) is 6.61 Å². The number of pyridine rings is 1. The summed E-state index contributed by atoms with van der Waals surface area (Å²) in [4.78, 5) is 27.0. The Balaban J connectivity index is 0.00000109. The molecule has 3 rings (SSSR count). The van der Waals surface area contributed by atoms with Crippen LogP contribution in [0.15, 0.2) is 59.4 Å². The first-order chi connectivity index (χ1) is 12.2. The lowest BCUT2D eigenvalue weighted by molar-refractivity contribution is 0.0949. The standard InChI is InChI=1S/C18H16N2O3.C2H6/c21-11-13-7-5-12(6-8-13)10-19-17(22)15-9-14-3-1-2-4-16(14)20-18(15)23;1-2/h1-9,21H,10-11H2,(H,19,22)(H,20,23);1-2H3. The van der Waals surface area contributed by atoms with Crippen LogP contribution in [0.25, 0.3) is 10.9 Å². The fraction of sp³-hybridized carbons (Fsp3) is 0.200. The molecule has 0 aliphatic carbocycles. The number of aromatic amines is 1. The van der Waals surface area contributed by atoms with E-state index < -0.39 is 11.5 Å². The summed E-state index contributed by atoms with van der Waals surface area (Å²) in [6.45, 7) is 4.30. The molecule has 1 aromatic heterocycles. The van der Waals surface area contributed by atoms with Crippen molar-refractivity contribution in [2.75, 3.05) is 0 Å². The minimum Gasteiger partial charge on any atom is -0.392 e. The van der Waals surface area contributed by atoms with Crippen LogP contribution < -0.4 is 10.9 Å². The summed E-state index contributed by atoms with van der Waals surface area (Å²) in [6.07, 6.45) is 0. The Hall–Kier alpha value is -2.92. The van der Waals surface area contributed by atoms with Crippen molar-refractivity contribution in [1.29, 1.82) is 0 Å². The van der Waals surface area contributed by atoms with Crippen LogP contribution in [0.4, 0.5) is 0 Å². The van der Waals surface area contributed by atoms with E-state index in [2.05, 4.69) is 10.3 Å². The Morgan fingerprint density at radius 1 is 1.04 bits per heavy atom. The van der Waals surface area contributed by atoms with E-state index >= 15 is 0 Å². The van der Waals surface area contributed by atoms with E-state index in [9.17, 15) is 9.59 Å². The zero-order valence-electron chi connectivity index (χ0n) is 14.4.